The molecule has 0 radical (unpaired) electrons. The molecule has 0 fully saturated rings. The lowest BCUT2D eigenvalue weighted by atomic mass is 10.1. The van der Waals surface area contributed by atoms with Gasteiger partial charge in [0, 0.05) is 10.9 Å². The number of hydrogen-bond donors (Lipinski definition) is 2. The number of para-hydroxylation sites is 2. The number of anilines is 1. The molecule has 5 nitrogen and oxygen atoms in total. The van der Waals surface area contributed by atoms with E-state index < -0.39 is 5.82 Å². The zero-order valence-electron chi connectivity index (χ0n) is 14.2. The zero-order valence-corrected chi connectivity index (χ0v) is 14.2. The van der Waals surface area contributed by atoms with Gasteiger partial charge in [-0.1, -0.05) is 36.4 Å². The molecule has 2 N–H and O–H groups in total. The van der Waals surface area contributed by atoms with Gasteiger partial charge in [-0.15, -0.1) is 0 Å². The van der Waals surface area contributed by atoms with Crippen LogP contribution in [-0.2, 0) is 0 Å². The van der Waals surface area contributed by atoms with Gasteiger partial charge in [0.25, 0.3) is 0 Å². The third-order valence-electron chi connectivity index (χ3n) is 4.03. The minimum absolute atomic E-state index is 0.127. The number of aromatic hydroxyl groups is 1. The molecular weight excluding hydrogens is 343 g/mol. The Morgan fingerprint density at radius 3 is 2.48 bits per heavy atom. The van der Waals surface area contributed by atoms with Crippen molar-refractivity contribution in [2.45, 2.75) is 0 Å². The van der Waals surface area contributed by atoms with Crippen LogP contribution in [0.1, 0.15) is 5.56 Å². The van der Waals surface area contributed by atoms with E-state index in [4.69, 9.17) is 0 Å². The van der Waals surface area contributed by atoms with Crippen molar-refractivity contribution in [2.75, 3.05) is 5.43 Å². The predicted molar refractivity (Wildman–Crippen MR) is 104 cm³/mol. The van der Waals surface area contributed by atoms with Crippen LogP contribution in [0, 0.1) is 5.82 Å². The van der Waals surface area contributed by atoms with Crippen LogP contribution in [0.3, 0.4) is 0 Å². The van der Waals surface area contributed by atoms with Crippen molar-refractivity contribution in [1.82, 2.24) is 9.97 Å². The van der Waals surface area contributed by atoms with Gasteiger partial charge in [-0.05, 0) is 36.4 Å². The molecule has 0 aliphatic carbocycles. The number of nitrogens with one attached hydrogen (secondary N) is 1. The Morgan fingerprint density at radius 2 is 1.63 bits per heavy atom. The fourth-order valence-electron chi connectivity index (χ4n) is 2.68. The highest BCUT2D eigenvalue weighted by atomic mass is 19.1. The van der Waals surface area contributed by atoms with Gasteiger partial charge in [0.05, 0.1) is 17.3 Å². The van der Waals surface area contributed by atoms with Crippen molar-refractivity contribution in [2.24, 2.45) is 5.10 Å². The average Bonchev–Trinajstić information content (AvgIpc) is 2.69. The van der Waals surface area contributed by atoms with E-state index in [1.54, 1.807) is 42.5 Å². The highest BCUT2D eigenvalue weighted by Gasteiger charge is 2.12. The summed E-state index contributed by atoms with van der Waals surface area (Å²) in [4.78, 5) is 8.91. The number of benzene rings is 3. The van der Waals surface area contributed by atoms with Crippen LogP contribution >= 0.6 is 0 Å². The van der Waals surface area contributed by atoms with E-state index in [-0.39, 0.29) is 11.6 Å². The number of rotatable bonds is 4. The average molecular weight is 358 g/mol. The second-order valence-corrected chi connectivity index (χ2v) is 5.82. The highest BCUT2D eigenvalue weighted by molar-refractivity contribution is 5.91. The second kappa shape index (κ2) is 7.21. The largest absolute Gasteiger partial charge is 0.507 e. The highest BCUT2D eigenvalue weighted by Crippen LogP contribution is 2.26. The van der Waals surface area contributed by atoms with Crippen molar-refractivity contribution < 1.29 is 9.50 Å². The first-order valence-electron chi connectivity index (χ1n) is 8.31. The maximum atomic E-state index is 14.2. The maximum absolute atomic E-state index is 14.2. The Morgan fingerprint density at radius 1 is 0.889 bits per heavy atom. The topological polar surface area (TPSA) is 70.4 Å². The van der Waals surface area contributed by atoms with Gasteiger partial charge in [0.2, 0.25) is 0 Å². The molecule has 0 saturated heterocycles. The van der Waals surface area contributed by atoms with Crippen molar-refractivity contribution in [1.29, 1.82) is 0 Å². The maximum Gasteiger partial charge on any atom is 0.165 e. The summed E-state index contributed by atoms with van der Waals surface area (Å²) in [7, 11) is 0. The lowest BCUT2D eigenvalue weighted by Gasteiger charge is -2.08. The molecular formula is C21H15FN4O. The first-order valence-corrected chi connectivity index (χ1v) is 8.31. The predicted octanol–water partition coefficient (Wildman–Crippen LogP) is 4.59. The Labute approximate surface area is 154 Å². The summed E-state index contributed by atoms with van der Waals surface area (Å²) in [5.74, 6) is 0.455. The molecule has 0 atom stereocenters. The smallest absolute Gasteiger partial charge is 0.165 e. The van der Waals surface area contributed by atoms with E-state index in [0.29, 0.717) is 22.5 Å². The summed E-state index contributed by atoms with van der Waals surface area (Å²) >= 11 is 0. The summed E-state index contributed by atoms with van der Waals surface area (Å²) in [6.07, 6.45) is 1.50. The molecule has 132 valence electrons. The van der Waals surface area contributed by atoms with Crippen LogP contribution in [0.15, 0.2) is 77.9 Å². The Kier molecular flexibility index (Phi) is 4.45. The van der Waals surface area contributed by atoms with E-state index in [0.717, 1.165) is 5.39 Å². The van der Waals surface area contributed by atoms with Crippen LogP contribution in [0.2, 0.25) is 0 Å². The number of fused-ring (bicyclic) bond motifs is 1. The number of phenolic OH excluding ortho intramolecular Hbond substituents is 1. The molecule has 4 aromatic rings. The molecule has 27 heavy (non-hydrogen) atoms. The van der Waals surface area contributed by atoms with E-state index in [9.17, 15) is 9.50 Å². The van der Waals surface area contributed by atoms with Gasteiger partial charge in [-0.25, -0.2) is 14.4 Å². The van der Waals surface area contributed by atoms with Crippen molar-refractivity contribution in [3.63, 3.8) is 0 Å². The molecule has 6 heteroatoms. The molecule has 1 aromatic heterocycles. The van der Waals surface area contributed by atoms with E-state index in [1.807, 2.05) is 24.3 Å². The second-order valence-electron chi connectivity index (χ2n) is 5.82. The van der Waals surface area contributed by atoms with Crippen LogP contribution in [-0.4, -0.2) is 21.3 Å². The monoisotopic (exact) mass is 358 g/mol. The number of aromatic nitrogens is 2. The Hall–Kier alpha value is -3.80. The summed E-state index contributed by atoms with van der Waals surface area (Å²) in [6.45, 7) is 0. The van der Waals surface area contributed by atoms with Crippen molar-refractivity contribution >= 4 is 22.9 Å². The number of hydrazone groups is 1. The molecule has 0 aliphatic rings. The first kappa shape index (κ1) is 16.7. The first-order chi connectivity index (χ1) is 13.2. The summed E-state index contributed by atoms with van der Waals surface area (Å²) in [5.41, 5.74) is 4.43. The fraction of sp³-hybridized carbons (Fsp3) is 0. The van der Waals surface area contributed by atoms with Gasteiger partial charge in [0.1, 0.15) is 11.6 Å². The molecule has 4 rings (SSSR count). The molecule has 1 heterocycles. The lowest BCUT2D eigenvalue weighted by Crippen LogP contribution is -2.00. The lowest BCUT2D eigenvalue weighted by molar-refractivity contribution is 0.474. The van der Waals surface area contributed by atoms with Crippen LogP contribution in [0.25, 0.3) is 22.3 Å². The van der Waals surface area contributed by atoms with Crippen LogP contribution < -0.4 is 5.43 Å². The van der Waals surface area contributed by atoms with Crippen LogP contribution in [0.4, 0.5) is 10.2 Å². The summed E-state index contributed by atoms with van der Waals surface area (Å²) in [5, 5.41) is 14.7. The summed E-state index contributed by atoms with van der Waals surface area (Å²) < 4.78 is 14.2. The number of hydrogen-bond acceptors (Lipinski definition) is 5. The van der Waals surface area contributed by atoms with E-state index >= 15 is 0 Å². The number of nitrogens with zero attached hydrogens (tertiary/aromatic N) is 3. The van der Waals surface area contributed by atoms with E-state index in [2.05, 4.69) is 20.5 Å². The molecule has 0 saturated carbocycles. The SMILES string of the molecule is Oc1ccccc1/C=N/Nc1nc(-c2ccccc2F)nc2ccccc12. The quantitative estimate of drug-likeness (QED) is 0.414. The van der Waals surface area contributed by atoms with Gasteiger partial charge < -0.3 is 5.11 Å². The van der Waals surface area contributed by atoms with Crippen LogP contribution in [0.5, 0.6) is 5.75 Å². The fourth-order valence-corrected chi connectivity index (χ4v) is 2.68. The van der Waals surface area contributed by atoms with Gasteiger partial charge in [0.15, 0.2) is 11.6 Å². The standard InChI is InChI=1S/C21H15FN4O/c22-17-10-4-2-8-15(17)20-24-18-11-5-3-9-16(18)21(25-20)26-23-13-14-7-1-6-12-19(14)27/h1-13,27H,(H,24,25,26)/b23-13+. The summed E-state index contributed by atoms with van der Waals surface area (Å²) in [6, 6.07) is 20.6. The molecule has 0 bridgehead atoms. The minimum Gasteiger partial charge on any atom is -0.507 e. The minimum atomic E-state index is -0.392. The van der Waals surface area contributed by atoms with Gasteiger partial charge in [-0.2, -0.15) is 5.10 Å². The van der Waals surface area contributed by atoms with Crippen molar-refractivity contribution in [3.05, 3.63) is 84.2 Å². The number of phenols is 1. The molecule has 0 aliphatic heterocycles. The molecule has 0 amide bonds. The van der Waals surface area contributed by atoms with E-state index in [1.165, 1.54) is 12.3 Å². The Balaban J connectivity index is 1.75. The molecule has 0 unspecified atom stereocenters. The normalized spacial score (nSPS) is 11.1. The Bertz CT molecular complexity index is 1140. The molecule has 0 spiro atoms. The zero-order chi connectivity index (χ0) is 18.6. The van der Waals surface area contributed by atoms with Gasteiger partial charge >= 0.3 is 0 Å². The third kappa shape index (κ3) is 3.46. The molecule has 3 aromatic carbocycles. The van der Waals surface area contributed by atoms with Crippen molar-refractivity contribution in [3.8, 4) is 17.1 Å². The third-order valence-corrected chi connectivity index (χ3v) is 4.03. The number of halogens is 1. The van der Waals surface area contributed by atoms with Gasteiger partial charge in [-0.3, -0.25) is 5.43 Å².